The highest BCUT2D eigenvalue weighted by Gasteiger charge is 2.40. The van der Waals surface area contributed by atoms with E-state index in [4.69, 9.17) is 5.73 Å². The molecule has 20 heavy (non-hydrogen) atoms. The number of hydrogen-bond donors (Lipinski definition) is 1. The van der Waals surface area contributed by atoms with Crippen molar-refractivity contribution in [2.45, 2.75) is 63.3 Å². The fourth-order valence-electron chi connectivity index (χ4n) is 3.60. The van der Waals surface area contributed by atoms with E-state index in [-0.39, 0.29) is 5.54 Å². The van der Waals surface area contributed by atoms with E-state index in [1.165, 1.54) is 51.2 Å². The highest BCUT2D eigenvalue weighted by atomic mass is 32.2. The van der Waals surface area contributed by atoms with Crippen molar-refractivity contribution in [2.24, 2.45) is 5.73 Å². The van der Waals surface area contributed by atoms with E-state index in [1.807, 2.05) is 0 Å². The van der Waals surface area contributed by atoms with E-state index in [9.17, 15) is 0 Å². The molecule has 0 radical (unpaired) electrons. The Balaban J connectivity index is 2.01. The Morgan fingerprint density at radius 2 is 1.70 bits per heavy atom. The minimum atomic E-state index is 0.270. The fraction of sp³-hybridized carbons (Fsp3) is 1.00. The smallest absolute Gasteiger partial charge is 0.0356 e. The van der Waals surface area contributed by atoms with E-state index in [0.717, 1.165) is 6.54 Å². The fourth-order valence-corrected chi connectivity index (χ4v) is 4.70. The van der Waals surface area contributed by atoms with Crippen molar-refractivity contribution >= 4 is 11.8 Å². The molecule has 118 valence electrons. The van der Waals surface area contributed by atoms with Crippen LogP contribution in [0.2, 0.25) is 0 Å². The largest absolute Gasteiger partial charge is 0.329 e. The van der Waals surface area contributed by atoms with Gasteiger partial charge in [0, 0.05) is 54.8 Å². The van der Waals surface area contributed by atoms with Crippen molar-refractivity contribution < 1.29 is 0 Å². The lowest BCUT2D eigenvalue weighted by Gasteiger charge is -2.49. The summed E-state index contributed by atoms with van der Waals surface area (Å²) in [5.41, 5.74) is 6.51. The maximum absolute atomic E-state index is 6.24. The van der Waals surface area contributed by atoms with E-state index < -0.39 is 0 Å². The monoisotopic (exact) mass is 299 g/mol. The number of hydrogen-bond acceptors (Lipinski definition) is 4. The van der Waals surface area contributed by atoms with Crippen LogP contribution in [0.3, 0.4) is 0 Å². The third-order valence-electron chi connectivity index (χ3n) is 5.35. The summed E-state index contributed by atoms with van der Waals surface area (Å²) in [6.45, 7) is 15.1. The van der Waals surface area contributed by atoms with Crippen molar-refractivity contribution in [3.63, 3.8) is 0 Å². The number of likely N-dealkylation sites (tertiary alicyclic amines) is 1. The summed E-state index contributed by atoms with van der Waals surface area (Å²) in [7, 11) is 0. The Morgan fingerprint density at radius 3 is 2.25 bits per heavy atom. The number of piperidine rings is 1. The Labute approximate surface area is 129 Å². The molecular formula is C16H33N3S. The van der Waals surface area contributed by atoms with Crippen LogP contribution in [-0.2, 0) is 0 Å². The molecule has 0 aromatic rings. The molecule has 4 heteroatoms. The Kier molecular flexibility index (Phi) is 5.44. The van der Waals surface area contributed by atoms with Gasteiger partial charge in [-0.1, -0.05) is 13.8 Å². The van der Waals surface area contributed by atoms with Crippen LogP contribution in [0.5, 0.6) is 0 Å². The van der Waals surface area contributed by atoms with Crippen molar-refractivity contribution in [1.29, 1.82) is 0 Å². The van der Waals surface area contributed by atoms with Gasteiger partial charge in [-0.25, -0.2) is 0 Å². The first-order chi connectivity index (χ1) is 9.38. The van der Waals surface area contributed by atoms with E-state index in [1.54, 1.807) is 0 Å². The van der Waals surface area contributed by atoms with Gasteiger partial charge in [0.15, 0.2) is 0 Å². The number of nitrogens with zero attached hydrogens (tertiary/aromatic N) is 2. The predicted molar refractivity (Wildman–Crippen MR) is 90.5 cm³/mol. The molecule has 2 aliphatic rings. The normalized spacial score (nSPS) is 28.5. The molecule has 0 aromatic heterocycles. The van der Waals surface area contributed by atoms with Gasteiger partial charge >= 0.3 is 0 Å². The molecule has 0 amide bonds. The number of rotatable bonds is 3. The molecule has 0 unspecified atom stereocenters. The van der Waals surface area contributed by atoms with Crippen LogP contribution in [0.25, 0.3) is 0 Å². The minimum absolute atomic E-state index is 0.270. The van der Waals surface area contributed by atoms with Gasteiger partial charge < -0.3 is 10.6 Å². The zero-order valence-electron chi connectivity index (χ0n) is 13.8. The topological polar surface area (TPSA) is 32.5 Å². The minimum Gasteiger partial charge on any atom is -0.329 e. The Bertz CT molecular complexity index is 309. The van der Waals surface area contributed by atoms with E-state index >= 15 is 0 Å². The van der Waals surface area contributed by atoms with Gasteiger partial charge in [-0.3, -0.25) is 4.90 Å². The van der Waals surface area contributed by atoms with Crippen LogP contribution in [0.15, 0.2) is 0 Å². The first-order valence-corrected chi connectivity index (χ1v) is 9.20. The summed E-state index contributed by atoms with van der Waals surface area (Å²) in [5.74, 6) is 1.25. The van der Waals surface area contributed by atoms with Crippen molar-refractivity contribution in [1.82, 2.24) is 9.80 Å². The maximum atomic E-state index is 6.24. The first kappa shape index (κ1) is 16.6. The average molecular weight is 300 g/mol. The van der Waals surface area contributed by atoms with Crippen LogP contribution < -0.4 is 5.73 Å². The Morgan fingerprint density at radius 1 is 1.05 bits per heavy atom. The molecule has 2 fully saturated rings. The van der Waals surface area contributed by atoms with Gasteiger partial charge in [-0.2, -0.15) is 11.8 Å². The van der Waals surface area contributed by atoms with Gasteiger partial charge in [0.1, 0.15) is 0 Å². The summed E-state index contributed by atoms with van der Waals surface area (Å²) < 4.78 is 0.434. The SMILES string of the molecule is CC(C)N1CCC(CN)(N2CCSC(C)(C)CC2)CC1. The molecule has 3 nitrogen and oxygen atoms in total. The lowest BCUT2D eigenvalue weighted by Crippen LogP contribution is -2.60. The molecule has 2 rings (SSSR count). The summed E-state index contributed by atoms with van der Waals surface area (Å²) in [6, 6.07) is 0.671. The lowest BCUT2D eigenvalue weighted by molar-refractivity contribution is 0.0211. The molecule has 0 aromatic carbocycles. The molecule has 0 aliphatic carbocycles. The molecule has 2 heterocycles. The third kappa shape index (κ3) is 3.70. The van der Waals surface area contributed by atoms with Crippen LogP contribution in [0.4, 0.5) is 0 Å². The van der Waals surface area contributed by atoms with Crippen molar-refractivity contribution in [2.75, 3.05) is 38.5 Å². The van der Waals surface area contributed by atoms with Crippen molar-refractivity contribution in [3.05, 3.63) is 0 Å². The summed E-state index contributed by atoms with van der Waals surface area (Å²) in [5, 5.41) is 0. The highest BCUT2D eigenvalue weighted by molar-refractivity contribution is 8.00. The molecule has 2 N–H and O–H groups in total. The maximum Gasteiger partial charge on any atom is 0.0356 e. The van der Waals surface area contributed by atoms with Gasteiger partial charge in [0.05, 0.1) is 0 Å². The molecule has 0 spiro atoms. The van der Waals surface area contributed by atoms with Gasteiger partial charge in [0.25, 0.3) is 0 Å². The molecular weight excluding hydrogens is 266 g/mol. The van der Waals surface area contributed by atoms with Crippen LogP contribution in [-0.4, -0.2) is 64.6 Å². The number of nitrogens with two attached hydrogens (primary N) is 1. The lowest BCUT2D eigenvalue weighted by atomic mass is 9.84. The molecule has 2 saturated heterocycles. The second-order valence-corrected chi connectivity index (χ2v) is 9.21. The molecule has 2 aliphatic heterocycles. The predicted octanol–water partition coefficient (Wildman–Crippen LogP) is 2.41. The standard InChI is InChI=1S/C16H33N3S/c1-14(2)18-8-6-16(13-17,7-9-18)19-10-5-15(3,4)20-12-11-19/h14H,5-13,17H2,1-4H3. The second kappa shape index (κ2) is 6.55. The Hall–Kier alpha value is 0.230. The van der Waals surface area contributed by atoms with Gasteiger partial charge in [0.2, 0.25) is 0 Å². The average Bonchev–Trinajstić information content (AvgIpc) is 2.60. The van der Waals surface area contributed by atoms with E-state index in [2.05, 4.69) is 49.3 Å². The molecule has 0 atom stereocenters. The summed E-state index contributed by atoms with van der Waals surface area (Å²) in [4.78, 5) is 5.33. The van der Waals surface area contributed by atoms with Crippen LogP contribution in [0.1, 0.15) is 47.0 Å². The van der Waals surface area contributed by atoms with Crippen LogP contribution in [0, 0.1) is 0 Å². The van der Waals surface area contributed by atoms with E-state index in [0.29, 0.717) is 10.8 Å². The van der Waals surface area contributed by atoms with Gasteiger partial charge in [-0.15, -0.1) is 0 Å². The first-order valence-electron chi connectivity index (χ1n) is 8.22. The van der Waals surface area contributed by atoms with Crippen molar-refractivity contribution in [3.8, 4) is 0 Å². The summed E-state index contributed by atoms with van der Waals surface area (Å²) >= 11 is 2.13. The summed E-state index contributed by atoms with van der Waals surface area (Å²) in [6.07, 6.45) is 3.77. The zero-order chi connectivity index (χ0) is 14.8. The third-order valence-corrected chi connectivity index (χ3v) is 6.72. The second-order valence-electron chi connectivity index (χ2n) is 7.40. The zero-order valence-corrected chi connectivity index (χ0v) is 14.6. The van der Waals surface area contributed by atoms with Gasteiger partial charge in [-0.05, 0) is 33.1 Å². The number of thioether (sulfide) groups is 1. The highest BCUT2D eigenvalue weighted by Crippen LogP contribution is 2.36. The molecule has 0 bridgehead atoms. The molecule has 0 saturated carbocycles. The quantitative estimate of drug-likeness (QED) is 0.867. The van der Waals surface area contributed by atoms with Crippen LogP contribution >= 0.6 is 11.8 Å².